The summed E-state index contributed by atoms with van der Waals surface area (Å²) in [6.07, 6.45) is 1.28. The number of likely N-dealkylation sites (tertiary alicyclic amines) is 1. The number of halogens is 1. The zero-order chi connectivity index (χ0) is 13.0. The Morgan fingerprint density at radius 1 is 1.50 bits per heavy atom. The molecule has 100 valence electrons. The van der Waals surface area contributed by atoms with Crippen LogP contribution >= 0.6 is 11.6 Å². The molecule has 1 saturated heterocycles. The Labute approximate surface area is 114 Å². The molecule has 1 N–H and O–H groups in total. The van der Waals surface area contributed by atoms with Crippen LogP contribution < -0.4 is 10.1 Å². The second-order valence-electron chi connectivity index (χ2n) is 4.92. The van der Waals surface area contributed by atoms with Gasteiger partial charge in [-0.2, -0.15) is 0 Å². The topological polar surface area (TPSA) is 24.5 Å². The van der Waals surface area contributed by atoms with Crippen molar-refractivity contribution in [2.45, 2.75) is 13.0 Å². The van der Waals surface area contributed by atoms with Crippen molar-refractivity contribution in [1.29, 1.82) is 0 Å². The van der Waals surface area contributed by atoms with E-state index in [2.05, 4.69) is 16.3 Å². The fraction of sp³-hybridized carbons (Fsp3) is 0.571. The molecule has 0 aromatic heterocycles. The van der Waals surface area contributed by atoms with Gasteiger partial charge in [0.05, 0.1) is 12.1 Å². The third-order valence-corrected chi connectivity index (χ3v) is 3.78. The lowest BCUT2D eigenvalue weighted by Crippen LogP contribution is -2.24. The first-order chi connectivity index (χ1) is 8.72. The third kappa shape index (κ3) is 3.37. The van der Waals surface area contributed by atoms with Crippen LogP contribution in [-0.2, 0) is 6.54 Å². The first kappa shape index (κ1) is 13.7. The quantitative estimate of drug-likeness (QED) is 0.888. The molecule has 2 rings (SSSR count). The average Bonchev–Trinajstić information content (AvgIpc) is 2.77. The lowest BCUT2D eigenvalue weighted by atomic mass is 10.1. The number of hydrogen-bond donors (Lipinski definition) is 1. The maximum absolute atomic E-state index is 6.14. The van der Waals surface area contributed by atoms with Crippen molar-refractivity contribution in [2.24, 2.45) is 5.92 Å². The highest BCUT2D eigenvalue weighted by Crippen LogP contribution is 2.26. The average molecular weight is 269 g/mol. The number of methoxy groups -OCH3 is 1. The summed E-state index contributed by atoms with van der Waals surface area (Å²) in [7, 11) is 3.66. The van der Waals surface area contributed by atoms with Crippen molar-refractivity contribution in [3.8, 4) is 5.75 Å². The maximum Gasteiger partial charge on any atom is 0.137 e. The summed E-state index contributed by atoms with van der Waals surface area (Å²) in [5.41, 5.74) is 1.26. The molecule has 1 unspecified atom stereocenters. The van der Waals surface area contributed by atoms with E-state index in [0.29, 0.717) is 5.02 Å². The van der Waals surface area contributed by atoms with Crippen LogP contribution in [0.4, 0.5) is 0 Å². The van der Waals surface area contributed by atoms with Gasteiger partial charge in [-0.1, -0.05) is 17.7 Å². The minimum atomic E-state index is 0.695. The van der Waals surface area contributed by atoms with Gasteiger partial charge in [-0.05, 0) is 50.2 Å². The maximum atomic E-state index is 6.14. The van der Waals surface area contributed by atoms with Crippen molar-refractivity contribution in [3.05, 3.63) is 28.8 Å². The van der Waals surface area contributed by atoms with E-state index in [1.165, 1.54) is 25.1 Å². The molecule has 1 aromatic carbocycles. The molecule has 0 saturated carbocycles. The second-order valence-corrected chi connectivity index (χ2v) is 5.32. The predicted octanol–water partition coefficient (Wildman–Crippen LogP) is 2.39. The zero-order valence-corrected chi connectivity index (χ0v) is 11.8. The molecule has 4 heteroatoms. The zero-order valence-electron chi connectivity index (χ0n) is 11.1. The summed E-state index contributed by atoms with van der Waals surface area (Å²) in [5.74, 6) is 1.53. The van der Waals surface area contributed by atoms with Crippen molar-refractivity contribution in [3.63, 3.8) is 0 Å². The summed E-state index contributed by atoms with van der Waals surface area (Å²) >= 11 is 6.14. The number of nitrogens with one attached hydrogen (secondary N) is 1. The van der Waals surface area contributed by atoms with E-state index < -0.39 is 0 Å². The van der Waals surface area contributed by atoms with Crippen LogP contribution in [-0.4, -0.2) is 38.7 Å². The van der Waals surface area contributed by atoms with Gasteiger partial charge < -0.3 is 10.1 Å². The molecule has 1 atom stereocenters. The molecule has 1 aromatic rings. The number of ether oxygens (including phenoxy) is 1. The SMILES string of the molecule is CNCC1CCN(Cc2ccc(OC)c(Cl)c2)C1. The van der Waals surface area contributed by atoms with Crippen LogP contribution in [0.15, 0.2) is 18.2 Å². The summed E-state index contributed by atoms with van der Waals surface area (Å²) in [5, 5.41) is 3.95. The Hall–Kier alpha value is -0.770. The molecule has 1 aliphatic rings. The molecule has 1 heterocycles. The number of benzene rings is 1. The Balaban J connectivity index is 1.92. The Morgan fingerprint density at radius 3 is 3.00 bits per heavy atom. The van der Waals surface area contributed by atoms with Crippen molar-refractivity contribution in [2.75, 3.05) is 33.8 Å². The molecule has 0 radical (unpaired) electrons. The van der Waals surface area contributed by atoms with Gasteiger partial charge in [-0.3, -0.25) is 4.90 Å². The Kier molecular flexibility index (Phi) is 4.87. The molecule has 0 amide bonds. The third-order valence-electron chi connectivity index (χ3n) is 3.49. The summed E-state index contributed by atoms with van der Waals surface area (Å²) in [4.78, 5) is 2.49. The van der Waals surface area contributed by atoms with Crippen molar-refractivity contribution >= 4 is 11.6 Å². The van der Waals surface area contributed by atoms with Gasteiger partial charge >= 0.3 is 0 Å². The van der Waals surface area contributed by atoms with Gasteiger partial charge in [0.1, 0.15) is 5.75 Å². The molecular formula is C14H21ClN2O. The minimum absolute atomic E-state index is 0.695. The minimum Gasteiger partial charge on any atom is -0.495 e. The van der Waals surface area contributed by atoms with E-state index in [1.54, 1.807) is 7.11 Å². The van der Waals surface area contributed by atoms with E-state index in [0.717, 1.165) is 24.8 Å². The van der Waals surface area contributed by atoms with Crippen LogP contribution in [0.2, 0.25) is 5.02 Å². The Morgan fingerprint density at radius 2 is 2.33 bits per heavy atom. The highest BCUT2D eigenvalue weighted by Gasteiger charge is 2.21. The number of hydrogen-bond acceptors (Lipinski definition) is 3. The van der Waals surface area contributed by atoms with Gasteiger partial charge in [0, 0.05) is 13.1 Å². The summed E-state index contributed by atoms with van der Waals surface area (Å²) in [6, 6.07) is 6.04. The number of rotatable bonds is 5. The predicted molar refractivity (Wildman–Crippen MR) is 75.3 cm³/mol. The molecule has 1 aliphatic heterocycles. The van der Waals surface area contributed by atoms with Crippen LogP contribution in [0.25, 0.3) is 0 Å². The summed E-state index contributed by atoms with van der Waals surface area (Å²) < 4.78 is 5.17. The second kappa shape index (κ2) is 6.41. The highest BCUT2D eigenvalue weighted by molar-refractivity contribution is 6.32. The largest absolute Gasteiger partial charge is 0.495 e. The molecule has 0 aliphatic carbocycles. The van der Waals surface area contributed by atoms with Crippen LogP contribution in [0.3, 0.4) is 0 Å². The molecule has 3 nitrogen and oxygen atoms in total. The molecule has 0 bridgehead atoms. The highest BCUT2D eigenvalue weighted by atomic mass is 35.5. The monoisotopic (exact) mass is 268 g/mol. The van der Waals surface area contributed by atoms with Crippen LogP contribution in [0, 0.1) is 5.92 Å². The van der Waals surface area contributed by atoms with E-state index in [1.807, 2.05) is 19.2 Å². The molecule has 1 fully saturated rings. The van der Waals surface area contributed by atoms with Gasteiger partial charge in [0.2, 0.25) is 0 Å². The number of nitrogens with zero attached hydrogens (tertiary/aromatic N) is 1. The molecular weight excluding hydrogens is 248 g/mol. The van der Waals surface area contributed by atoms with Crippen molar-refractivity contribution in [1.82, 2.24) is 10.2 Å². The fourth-order valence-electron chi connectivity index (χ4n) is 2.58. The molecule has 0 spiro atoms. The van der Waals surface area contributed by atoms with E-state index in [9.17, 15) is 0 Å². The van der Waals surface area contributed by atoms with Crippen LogP contribution in [0.1, 0.15) is 12.0 Å². The molecule has 18 heavy (non-hydrogen) atoms. The smallest absolute Gasteiger partial charge is 0.137 e. The first-order valence-corrected chi connectivity index (χ1v) is 6.80. The summed E-state index contributed by atoms with van der Waals surface area (Å²) in [6.45, 7) is 4.43. The van der Waals surface area contributed by atoms with Gasteiger partial charge in [-0.25, -0.2) is 0 Å². The standard InChI is InChI=1S/C14H21ClN2O/c1-16-8-12-5-6-17(10-12)9-11-3-4-14(18-2)13(15)7-11/h3-4,7,12,16H,5-6,8-10H2,1-2H3. The normalized spacial score (nSPS) is 20.3. The van der Waals surface area contributed by atoms with E-state index >= 15 is 0 Å². The van der Waals surface area contributed by atoms with Gasteiger partial charge in [0.15, 0.2) is 0 Å². The lowest BCUT2D eigenvalue weighted by Gasteiger charge is -2.16. The first-order valence-electron chi connectivity index (χ1n) is 6.42. The Bertz CT molecular complexity index is 397. The van der Waals surface area contributed by atoms with Gasteiger partial charge in [-0.15, -0.1) is 0 Å². The lowest BCUT2D eigenvalue weighted by molar-refractivity contribution is 0.315. The van der Waals surface area contributed by atoms with Crippen molar-refractivity contribution < 1.29 is 4.74 Å². The van der Waals surface area contributed by atoms with E-state index in [-0.39, 0.29) is 0 Å². The van der Waals surface area contributed by atoms with Gasteiger partial charge in [0.25, 0.3) is 0 Å². The fourth-order valence-corrected chi connectivity index (χ4v) is 2.86. The van der Waals surface area contributed by atoms with E-state index in [4.69, 9.17) is 16.3 Å². The van der Waals surface area contributed by atoms with Crippen LogP contribution in [0.5, 0.6) is 5.75 Å².